The number of fused-ring (bicyclic) bond motifs is 8. The Morgan fingerprint density at radius 1 is 0.367 bits per heavy atom. The Morgan fingerprint density at radius 3 is 1.16 bits per heavy atom. The molecule has 0 N–H and O–H groups in total. The maximum atomic E-state index is 6.19. The van der Waals surface area contributed by atoms with Gasteiger partial charge in [0.2, 0.25) is 0 Å². The summed E-state index contributed by atoms with van der Waals surface area (Å²) in [6, 6.07) is 27.3. The van der Waals surface area contributed by atoms with Crippen LogP contribution in [0.2, 0.25) is 0 Å². The van der Waals surface area contributed by atoms with Crippen LogP contribution in [0.25, 0.3) is 0 Å². The largest absolute Gasteiger partial charge is 0.486 e. The standard InChI is InChI=1S/C38H29BN2O8/c1-2-26-38-27(3-1)41(23-5-7-31-33(17-23)45-11-9-43-31)29-21-37-35(47-13-15-49-37)19-25(29)39(38)24-18-34-36(48-14-12-46-34)20-28(24)40(26)22-4-6-30-32(16-22)44-10-8-42-30/h1-7,16-21H,8-15H2. The third kappa shape index (κ3) is 4.01. The van der Waals surface area contributed by atoms with Crippen LogP contribution in [0.1, 0.15) is 0 Å². The van der Waals surface area contributed by atoms with Crippen molar-refractivity contribution < 1.29 is 37.9 Å². The molecule has 0 saturated heterocycles. The molecule has 0 fully saturated rings. The molecule has 0 amide bonds. The first kappa shape index (κ1) is 27.2. The van der Waals surface area contributed by atoms with Crippen molar-refractivity contribution in [2.45, 2.75) is 0 Å². The van der Waals surface area contributed by atoms with Crippen molar-refractivity contribution in [2.75, 3.05) is 62.7 Å². The highest BCUT2D eigenvalue weighted by atomic mass is 16.6. The molecule has 11 rings (SSSR count). The summed E-state index contributed by atoms with van der Waals surface area (Å²) in [6.07, 6.45) is 0. The van der Waals surface area contributed by atoms with E-state index in [1.165, 1.54) is 0 Å². The van der Waals surface area contributed by atoms with Gasteiger partial charge in [-0.15, -0.1) is 0 Å². The molecule has 6 aliphatic heterocycles. The number of benzene rings is 5. The van der Waals surface area contributed by atoms with Gasteiger partial charge in [-0.25, -0.2) is 0 Å². The lowest BCUT2D eigenvalue weighted by atomic mass is 9.33. The zero-order chi connectivity index (χ0) is 32.1. The van der Waals surface area contributed by atoms with E-state index in [9.17, 15) is 0 Å². The minimum absolute atomic E-state index is 0.148. The van der Waals surface area contributed by atoms with Crippen molar-refractivity contribution in [3.05, 3.63) is 78.9 Å². The van der Waals surface area contributed by atoms with E-state index >= 15 is 0 Å². The Bertz CT molecular complexity index is 2060. The Balaban J connectivity index is 1.20. The summed E-state index contributed by atoms with van der Waals surface area (Å²) in [4.78, 5) is 4.60. The number of nitrogens with zero attached hydrogens (tertiary/aromatic N) is 2. The maximum absolute atomic E-state index is 6.19. The molecule has 6 aliphatic rings. The summed E-state index contributed by atoms with van der Waals surface area (Å²) in [5.74, 6) is 5.86. The van der Waals surface area contributed by atoms with Crippen molar-refractivity contribution in [3.63, 3.8) is 0 Å². The minimum atomic E-state index is -0.148. The third-order valence-electron chi connectivity index (χ3n) is 9.89. The highest BCUT2D eigenvalue weighted by Crippen LogP contribution is 2.49. The summed E-state index contributed by atoms with van der Waals surface area (Å²) in [6.45, 7) is 3.91. The molecule has 5 aromatic carbocycles. The van der Waals surface area contributed by atoms with Gasteiger partial charge >= 0.3 is 0 Å². The van der Waals surface area contributed by atoms with E-state index in [2.05, 4.69) is 76.5 Å². The summed E-state index contributed by atoms with van der Waals surface area (Å²) in [7, 11) is 0. The zero-order valence-electron chi connectivity index (χ0n) is 26.4. The van der Waals surface area contributed by atoms with Crippen molar-refractivity contribution in [3.8, 4) is 46.0 Å². The smallest absolute Gasteiger partial charge is 0.252 e. The van der Waals surface area contributed by atoms with Crippen LogP contribution >= 0.6 is 0 Å². The summed E-state index contributed by atoms with van der Waals surface area (Å²) >= 11 is 0. The lowest BCUT2D eigenvalue weighted by molar-refractivity contribution is 0.171. The van der Waals surface area contributed by atoms with Crippen LogP contribution in [0.5, 0.6) is 46.0 Å². The van der Waals surface area contributed by atoms with E-state index in [1.54, 1.807) is 0 Å². The molecular formula is C38H29BN2O8. The Kier molecular flexibility index (Phi) is 5.72. The minimum Gasteiger partial charge on any atom is -0.486 e. The fraction of sp³-hybridized carbons (Fsp3) is 0.211. The molecular weight excluding hydrogens is 623 g/mol. The highest BCUT2D eigenvalue weighted by molar-refractivity contribution is 7.00. The second-order valence-corrected chi connectivity index (χ2v) is 12.6. The first-order valence-electron chi connectivity index (χ1n) is 16.7. The molecule has 0 saturated carbocycles. The molecule has 0 atom stereocenters. The maximum Gasteiger partial charge on any atom is 0.252 e. The molecule has 10 nitrogen and oxygen atoms in total. The lowest BCUT2D eigenvalue weighted by Gasteiger charge is -2.44. The number of rotatable bonds is 2. The average molecular weight is 652 g/mol. The lowest BCUT2D eigenvalue weighted by Crippen LogP contribution is -2.61. The van der Waals surface area contributed by atoms with Crippen molar-refractivity contribution in [1.29, 1.82) is 0 Å². The van der Waals surface area contributed by atoms with Gasteiger partial charge in [-0.1, -0.05) is 6.07 Å². The van der Waals surface area contributed by atoms with E-state index < -0.39 is 0 Å². The van der Waals surface area contributed by atoms with Crippen LogP contribution in [0.3, 0.4) is 0 Å². The van der Waals surface area contributed by atoms with E-state index in [0.717, 1.165) is 96.5 Å². The van der Waals surface area contributed by atoms with E-state index in [-0.39, 0.29) is 6.71 Å². The number of hydrogen-bond donors (Lipinski definition) is 0. The van der Waals surface area contributed by atoms with Crippen LogP contribution in [-0.4, -0.2) is 59.6 Å². The first-order valence-corrected chi connectivity index (χ1v) is 16.7. The predicted molar refractivity (Wildman–Crippen MR) is 184 cm³/mol. The fourth-order valence-corrected chi connectivity index (χ4v) is 7.90. The van der Waals surface area contributed by atoms with Gasteiger partial charge < -0.3 is 47.7 Å². The topological polar surface area (TPSA) is 80.3 Å². The highest BCUT2D eigenvalue weighted by Gasteiger charge is 2.45. The van der Waals surface area contributed by atoms with Crippen LogP contribution in [0.15, 0.2) is 78.9 Å². The zero-order valence-corrected chi connectivity index (χ0v) is 26.4. The van der Waals surface area contributed by atoms with Gasteiger partial charge in [0.1, 0.15) is 52.9 Å². The van der Waals surface area contributed by atoms with E-state index in [4.69, 9.17) is 37.9 Å². The van der Waals surface area contributed by atoms with Crippen molar-refractivity contribution >= 4 is 57.2 Å². The number of anilines is 6. The van der Waals surface area contributed by atoms with E-state index in [1.807, 2.05) is 12.1 Å². The summed E-state index contributed by atoms with van der Waals surface area (Å²) in [5, 5.41) is 0. The molecule has 5 aromatic rings. The van der Waals surface area contributed by atoms with Gasteiger partial charge in [-0.05, 0) is 64.9 Å². The molecule has 0 bridgehead atoms. The molecule has 49 heavy (non-hydrogen) atoms. The second-order valence-electron chi connectivity index (χ2n) is 12.6. The molecule has 242 valence electrons. The van der Waals surface area contributed by atoms with Gasteiger partial charge in [0.25, 0.3) is 6.71 Å². The normalized spacial score (nSPS) is 17.1. The van der Waals surface area contributed by atoms with E-state index in [0.29, 0.717) is 52.9 Å². The van der Waals surface area contributed by atoms with Crippen molar-refractivity contribution in [2.24, 2.45) is 0 Å². The fourth-order valence-electron chi connectivity index (χ4n) is 7.90. The monoisotopic (exact) mass is 652 g/mol. The summed E-state index contributed by atoms with van der Waals surface area (Å²) in [5.41, 5.74) is 9.35. The summed E-state index contributed by atoms with van der Waals surface area (Å²) < 4.78 is 48.6. The molecule has 0 spiro atoms. The Morgan fingerprint density at radius 2 is 0.735 bits per heavy atom. The van der Waals surface area contributed by atoms with Crippen LogP contribution in [0, 0.1) is 0 Å². The molecule has 11 heteroatoms. The van der Waals surface area contributed by atoms with Gasteiger partial charge in [0.15, 0.2) is 46.0 Å². The quantitative estimate of drug-likeness (QED) is 0.242. The number of ether oxygens (including phenoxy) is 8. The van der Waals surface area contributed by atoms with Crippen LogP contribution < -0.4 is 64.1 Å². The first-order chi connectivity index (χ1) is 24.3. The van der Waals surface area contributed by atoms with Crippen molar-refractivity contribution in [1.82, 2.24) is 0 Å². The van der Waals surface area contributed by atoms with Crippen LogP contribution in [0.4, 0.5) is 34.1 Å². The molecule has 0 unspecified atom stereocenters. The SMILES string of the molecule is c1cc2c3c(c1)N(c1ccc4c(c1)OCCO4)c1cc4c(cc1B3c1cc3c(cc1N2c1ccc2c(c1)OCCO2)OCCO3)OCCO4. The van der Waals surface area contributed by atoms with Gasteiger partial charge in [0, 0.05) is 47.0 Å². The Labute approximate surface area is 282 Å². The van der Waals surface area contributed by atoms with Crippen LogP contribution in [-0.2, 0) is 0 Å². The molecule has 0 radical (unpaired) electrons. The average Bonchev–Trinajstić information content (AvgIpc) is 3.16. The molecule has 6 heterocycles. The molecule has 0 aromatic heterocycles. The third-order valence-corrected chi connectivity index (χ3v) is 9.89. The van der Waals surface area contributed by atoms with Gasteiger partial charge in [-0.3, -0.25) is 0 Å². The predicted octanol–water partition coefficient (Wildman–Crippen LogP) is 4.85. The van der Waals surface area contributed by atoms with Gasteiger partial charge in [-0.2, -0.15) is 0 Å². The molecule has 0 aliphatic carbocycles. The second kappa shape index (κ2) is 10.3. The number of hydrogen-bond acceptors (Lipinski definition) is 10. The Hall–Kier alpha value is -5.84. The van der Waals surface area contributed by atoms with Gasteiger partial charge in [0.05, 0.1) is 11.4 Å².